The summed E-state index contributed by atoms with van der Waals surface area (Å²) in [5.74, 6) is 0.216. The van der Waals surface area contributed by atoms with Crippen LogP contribution in [0.2, 0.25) is 0 Å². The van der Waals surface area contributed by atoms with Gasteiger partial charge in [0.1, 0.15) is 0 Å². The summed E-state index contributed by atoms with van der Waals surface area (Å²) in [6.07, 6.45) is 1.41. The molecule has 1 aliphatic rings. The summed E-state index contributed by atoms with van der Waals surface area (Å²) >= 11 is 0. The van der Waals surface area contributed by atoms with Crippen molar-refractivity contribution in [2.45, 2.75) is 12.8 Å². The van der Waals surface area contributed by atoms with Gasteiger partial charge >= 0.3 is 10.2 Å². The monoisotopic (exact) mass is 313 g/mol. The zero-order valence-electron chi connectivity index (χ0n) is 12.5. The molecule has 1 fully saturated rings. The fraction of sp³-hybridized carbons (Fsp3) is 0.571. The first-order chi connectivity index (χ1) is 9.92. The predicted octanol–water partition coefficient (Wildman–Crippen LogP) is 1.11. The van der Waals surface area contributed by atoms with E-state index in [1.807, 2.05) is 31.1 Å². The Morgan fingerprint density at radius 3 is 2.57 bits per heavy atom. The molecule has 1 aliphatic heterocycles. The second-order valence-electron chi connectivity index (χ2n) is 5.58. The lowest BCUT2D eigenvalue weighted by Gasteiger charge is -2.30. The van der Waals surface area contributed by atoms with Crippen molar-refractivity contribution in [3.05, 3.63) is 24.3 Å². The minimum absolute atomic E-state index is 0.131. The highest BCUT2D eigenvalue weighted by molar-refractivity contribution is 7.90. The lowest BCUT2D eigenvalue weighted by molar-refractivity contribution is 0.170. The van der Waals surface area contributed by atoms with Gasteiger partial charge < -0.3 is 10.0 Å². The minimum Gasteiger partial charge on any atom is -0.396 e. The molecule has 0 atom stereocenters. The van der Waals surface area contributed by atoms with Gasteiger partial charge in [0.05, 0.1) is 5.69 Å². The molecule has 0 aromatic heterocycles. The molecule has 1 aromatic rings. The van der Waals surface area contributed by atoms with Gasteiger partial charge in [-0.15, -0.1) is 0 Å². The molecule has 0 bridgehead atoms. The van der Waals surface area contributed by atoms with Gasteiger partial charge in [0.15, 0.2) is 0 Å². The van der Waals surface area contributed by atoms with Crippen LogP contribution in [0, 0.1) is 5.92 Å². The molecule has 2 N–H and O–H groups in total. The molecular weight excluding hydrogens is 290 g/mol. The van der Waals surface area contributed by atoms with Crippen molar-refractivity contribution in [2.24, 2.45) is 5.92 Å². The fourth-order valence-electron chi connectivity index (χ4n) is 2.39. The molecule has 0 amide bonds. The molecule has 1 saturated heterocycles. The Kier molecular flexibility index (Phi) is 5.08. The summed E-state index contributed by atoms with van der Waals surface area (Å²) in [6, 6.07) is 7.29. The van der Waals surface area contributed by atoms with Crippen molar-refractivity contribution in [3.63, 3.8) is 0 Å². The highest BCUT2D eigenvalue weighted by Gasteiger charge is 2.27. The predicted molar refractivity (Wildman–Crippen MR) is 84.7 cm³/mol. The van der Waals surface area contributed by atoms with Gasteiger partial charge in [0, 0.05) is 39.5 Å². The summed E-state index contributed by atoms with van der Waals surface area (Å²) in [5, 5.41) is 9.11. The van der Waals surface area contributed by atoms with Gasteiger partial charge in [0.25, 0.3) is 0 Å². The van der Waals surface area contributed by atoms with Crippen molar-refractivity contribution >= 4 is 21.6 Å². The standard InChI is InChI=1S/C14H23N3O3S/c1-16(2)14-5-3-4-13(10-14)15-21(19,20)17-8-6-12(11-18)7-9-17/h3-5,10,12,15,18H,6-9,11H2,1-2H3. The normalized spacial score (nSPS) is 17.7. The molecule has 6 nitrogen and oxygen atoms in total. The first-order valence-electron chi connectivity index (χ1n) is 7.08. The maximum atomic E-state index is 12.4. The van der Waals surface area contributed by atoms with Crippen molar-refractivity contribution in [1.82, 2.24) is 4.31 Å². The van der Waals surface area contributed by atoms with Crippen LogP contribution in [0.25, 0.3) is 0 Å². The number of piperidine rings is 1. The smallest absolute Gasteiger partial charge is 0.301 e. The summed E-state index contributed by atoms with van der Waals surface area (Å²) in [6.45, 7) is 1.04. The molecular formula is C14H23N3O3S. The zero-order valence-corrected chi connectivity index (χ0v) is 13.3. The van der Waals surface area contributed by atoms with Gasteiger partial charge in [-0.3, -0.25) is 4.72 Å². The SMILES string of the molecule is CN(C)c1cccc(NS(=O)(=O)N2CCC(CO)CC2)c1. The van der Waals surface area contributed by atoms with Crippen molar-refractivity contribution in [2.75, 3.05) is 43.4 Å². The van der Waals surface area contributed by atoms with E-state index in [0.29, 0.717) is 31.6 Å². The van der Waals surface area contributed by atoms with Crippen LogP contribution in [0.5, 0.6) is 0 Å². The average Bonchev–Trinajstić information content (AvgIpc) is 2.47. The summed E-state index contributed by atoms with van der Waals surface area (Å²) in [4.78, 5) is 1.92. The van der Waals surface area contributed by atoms with Crippen LogP contribution in [0.15, 0.2) is 24.3 Å². The Labute approximate surface area is 126 Å². The van der Waals surface area contributed by atoms with Crippen LogP contribution in [0.3, 0.4) is 0 Å². The van der Waals surface area contributed by atoms with E-state index in [0.717, 1.165) is 5.69 Å². The van der Waals surface area contributed by atoms with Crippen LogP contribution in [-0.2, 0) is 10.2 Å². The molecule has 0 saturated carbocycles. The second kappa shape index (κ2) is 6.64. The Morgan fingerprint density at radius 1 is 1.33 bits per heavy atom. The molecule has 118 valence electrons. The Bertz CT molecular complexity index is 567. The van der Waals surface area contributed by atoms with E-state index < -0.39 is 10.2 Å². The number of aliphatic hydroxyl groups is 1. The quantitative estimate of drug-likeness (QED) is 0.854. The average molecular weight is 313 g/mol. The zero-order chi connectivity index (χ0) is 15.5. The van der Waals surface area contributed by atoms with Crippen LogP contribution >= 0.6 is 0 Å². The van der Waals surface area contributed by atoms with Gasteiger partial charge in [-0.25, -0.2) is 0 Å². The van der Waals surface area contributed by atoms with Gasteiger partial charge in [-0.1, -0.05) is 6.07 Å². The number of aliphatic hydroxyl groups excluding tert-OH is 1. The van der Waals surface area contributed by atoms with E-state index >= 15 is 0 Å². The summed E-state index contributed by atoms with van der Waals surface area (Å²) in [7, 11) is 0.293. The number of hydrogen-bond acceptors (Lipinski definition) is 4. The van der Waals surface area contributed by atoms with Crippen LogP contribution in [-0.4, -0.2) is 51.6 Å². The molecule has 0 spiro atoms. The first kappa shape index (κ1) is 16.1. The highest BCUT2D eigenvalue weighted by Crippen LogP contribution is 2.22. The summed E-state index contributed by atoms with van der Waals surface area (Å²) in [5.41, 5.74) is 1.50. The minimum atomic E-state index is -3.53. The lowest BCUT2D eigenvalue weighted by Crippen LogP contribution is -2.42. The van der Waals surface area contributed by atoms with E-state index in [9.17, 15) is 8.42 Å². The Morgan fingerprint density at radius 2 is 2.00 bits per heavy atom. The molecule has 1 aromatic carbocycles. The van der Waals surface area contributed by atoms with E-state index in [1.165, 1.54) is 4.31 Å². The number of anilines is 2. The van der Waals surface area contributed by atoms with E-state index in [2.05, 4.69) is 4.72 Å². The van der Waals surface area contributed by atoms with E-state index in [4.69, 9.17) is 5.11 Å². The van der Waals surface area contributed by atoms with Gasteiger partial charge in [-0.2, -0.15) is 12.7 Å². The first-order valence-corrected chi connectivity index (χ1v) is 8.52. The molecule has 7 heteroatoms. The Balaban J connectivity index is 2.06. The number of rotatable bonds is 5. The third-order valence-electron chi connectivity index (χ3n) is 3.78. The maximum Gasteiger partial charge on any atom is 0.301 e. The topological polar surface area (TPSA) is 72.9 Å². The molecule has 0 aliphatic carbocycles. The van der Waals surface area contributed by atoms with Crippen molar-refractivity contribution in [1.29, 1.82) is 0 Å². The summed E-state index contributed by atoms with van der Waals surface area (Å²) < 4.78 is 28.8. The Hall–Kier alpha value is -1.31. The molecule has 1 heterocycles. The third-order valence-corrected chi connectivity index (χ3v) is 5.32. The van der Waals surface area contributed by atoms with E-state index in [1.54, 1.807) is 12.1 Å². The molecule has 2 rings (SSSR count). The number of nitrogens with zero attached hydrogens (tertiary/aromatic N) is 2. The third kappa shape index (κ3) is 4.09. The number of benzene rings is 1. The molecule has 0 radical (unpaired) electrons. The lowest BCUT2D eigenvalue weighted by atomic mass is 10.00. The van der Waals surface area contributed by atoms with Crippen molar-refractivity contribution < 1.29 is 13.5 Å². The van der Waals surface area contributed by atoms with Crippen molar-refractivity contribution in [3.8, 4) is 0 Å². The number of hydrogen-bond donors (Lipinski definition) is 2. The van der Waals surface area contributed by atoms with E-state index in [-0.39, 0.29) is 12.5 Å². The van der Waals surface area contributed by atoms with Gasteiger partial charge in [-0.05, 0) is 37.0 Å². The van der Waals surface area contributed by atoms with Crippen LogP contribution in [0.1, 0.15) is 12.8 Å². The highest BCUT2D eigenvalue weighted by atomic mass is 32.2. The molecule has 21 heavy (non-hydrogen) atoms. The van der Waals surface area contributed by atoms with Gasteiger partial charge in [0.2, 0.25) is 0 Å². The number of nitrogens with one attached hydrogen (secondary N) is 1. The largest absolute Gasteiger partial charge is 0.396 e. The second-order valence-corrected chi connectivity index (χ2v) is 7.25. The molecule has 0 unspecified atom stereocenters. The van der Waals surface area contributed by atoms with Crippen LogP contribution in [0.4, 0.5) is 11.4 Å². The fourth-order valence-corrected chi connectivity index (χ4v) is 3.64. The van der Waals surface area contributed by atoms with Crippen LogP contribution < -0.4 is 9.62 Å². The maximum absolute atomic E-state index is 12.4.